The number of piperidine rings is 1. The van der Waals surface area contributed by atoms with E-state index in [2.05, 4.69) is 48.6 Å². The summed E-state index contributed by atoms with van der Waals surface area (Å²) in [7, 11) is 0. The zero-order valence-electron chi connectivity index (χ0n) is 16.5. The molecule has 0 radical (unpaired) electrons. The first kappa shape index (κ1) is 20.3. The third kappa shape index (κ3) is 5.35. The Morgan fingerprint density at radius 1 is 1.24 bits per heavy atom. The van der Waals surface area contributed by atoms with E-state index in [1.807, 2.05) is 18.2 Å². The number of carbonyl (C=O) groups excluding carboxylic acids is 1. The van der Waals surface area contributed by atoms with Crippen molar-refractivity contribution in [1.29, 1.82) is 0 Å². The monoisotopic (exact) mass is 458 g/mol. The van der Waals surface area contributed by atoms with E-state index in [9.17, 15) is 4.79 Å². The average molecular weight is 459 g/mol. The number of amides is 1. The van der Waals surface area contributed by atoms with Gasteiger partial charge in [0.2, 0.25) is 0 Å². The third-order valence-electron chi connectivity index (χ3n) is 5.42. The molecule has 1 amide bonds. The molecule has 0 aliphatic carbocycles. The Hall–Kier alpha value is -1.96. The number of benzene rings is 1. The largest absolute Gasteiger partial charge is 0.375 e. The molecule has 0 spiro atoms. The lowest BCUT2D eigenvalue weighted by molar-refractivity contribution is 0.0292. The van der Waals surface area contributed by atoms with Crippen LogP contribution in [0.25, 0.3) is 0 Å². The van der Waals surface area contributed by atoms with Gasteiger partial charge in [-0.2, -0.15) is 0 Å². The fraction of sp³-hybridized carbons (Fsp3) is 0.455. The summed E-state index contributed by atoms with van der Waals surface area (Å²) in [6, 6.07) is 11.7. The summed E-state index contributed by atoms with van der Waals surface area (Å²) in [5.74, 6) is -0.197. The topological polar surface area (TPSA) is 66.5 Å². The summed E-state index contributed by atoms with van der Waals surface area (Å²) in [6.45, 7) is 4.60. The maximum atomic E-state index is 12.8. The number of nitrogens with one attached hydrogen (secondary N) is 2. The standard InChI is InChI=1S/C22H27BrN4O2/c23-21-6-4-5-19(25-21)22(28)26-18-8-7-16(13-17-15-24-9-12-29-17)14-20(18)27-10-2-1-3-11-27/h4-8,14,17,24H,1-3,9-13,15H2,(H,26,28). The number of carbonyl (C=O) groups is 1. The molecule has 2 aliphatic heterocycles. The zero-order valence-corrected chi connectivity index (χ0v) is 18.1. The number of rotatable bonds is 5. The smallest absolute Gasteiger partial charge is 0.274 e. The van der Waals surface area contributed by atoms with Crippen LogP contribution in [0.5, 0.6) is 0 Å². The molecule has 4 rings (SSSR count). The number of anilines is 2. The van der Waals surface area contributed by atoms with Gasteiger partial charge in [-0.3, -0.25) is 4.79 Å². The van der Waals surface area contributed by atoms with Crippen molar-refractivity contribution < 1.29 is 9.53 Å². The second-order valence-corrected chi connectivity index (χ2v) is 8.41. The molecule has 2 fully saturated rings. The van der Waals surface area contributed by atoms with Crippen LogP contribution in [0.15, 0.2) is 41.0 Å². The lowest BCUT2D eigenvalue weighted by Crippen LogP contribution is -2.39. The number of aromatic nitrogens is 1. The van der Waals surface area contributed by atoms with Gasteiger partial charge in [0.25, 0.3) is 5.91 Å². The third-order valence-corrected chi connectivity index (χ3v) is 5.86. The number of hydrogen-bond acceptors (Lipinski definition) is 5. The maximum absolute atomic E-state index is 12.8. The van der Waals surface area contributed by atoms with E-state index in [1.54, 1.807) is 6.07 Å². The van der Waals surface area contributed by atoms with Crippen molar-refractivity contribution >= 4 is 33.2 Å². The van der Waals surface area contributed by atoms with Crippen LogP contribution < -0.4 is 15.5 Å². The Morgan fingerprint density at radius 2 is 2.10 bits per heavy atom. The zero-order chi connectivity index (χ0) is 20.1. The number of morpholine rings is 1. The molecule has 6 nitrogen and oxygen atoms in total. The van der Waals surface area contributed by atoms with Crippen LogP contribution in [0.1, 0.15) is 35.3 Å². The van der Waals surface area contributed by atoms with Gasteiger partial charge in [0.1, 0.15) is 10.3 Å². The Bertz CT molecular complexity index is 848. The lowest BCUT2D eigenvalue weighted by Gasteiger charge is -2.31. The van der Waals surface area contributed by atoms with Crippen LogP contribution >= 0.6 is 15.9 Å². The molecule has 1 atom stereocenters. The predicted molar refractivity (Wildman–Crippen MR) is 119 cm³/mol. The number of hydrogen-bond donors (Lipinski definition) is 2. The highest BCUT2D eigenvalue weighted by Crippen LogP contribution is 2.31. The van der Waals surface area contributed by atoms with Crippen LogP contribution in [-0.4, -0.2) is 49.8 Å². The second kappa shape index (κ2) is 9.69. The summed E-state index contributed by atoms with van der Waals surface area (Å²) in [4.78, 5) is 19.4. The summed E-state index contributed by atoms with van der Waals surface area (Å²) < 4.78 is 6.52. The van der Waals surface area contributed by atoms with Crippen LogP contribution in [0, 0.1) is 0 Å². The van der Waals surface area contributed by atoms with Gasteiger partial charge in [0.05, 0.1) is 24.1 Å². The van der Waals surface area contributed by atoms with E-state index in [4.69, 9.17) is 4.74 Å². The molecule has 7 heteroatoms. The SMILES string of the molecule is O=C(Nc1ccc(CC2CNCCO2)cc1N1CCCCC1)c1cccc(Br)n1. The first-order valence-corrected chi connectivity index (χ1v) is 11.1. The molecule has 2 N–H and O–H groups in total. The van der Waals surface area contributed by atoms with Gasteiger partial charge in [-0.1, -0.05) is 12.1 Å². The molecule has 2 saturated heterocycles. The number of nitrogens with zero attached hydrogens (tertiary/aromatic N) is 2. The van der Waals surface area contributed by atoms with Gasteiger partial charge in [0.15, 0.2) is 0 Å². The van der Waals surface area contributed by atoms with Crippen LogP contribution in [0.4, 0.5) is 11.4 Å². The summed E-state index contributed by atoms with van der Waals surface area (Å²) in [6.07, 6.45) is 4.70. The Morgan fingerprint density at radius 3 is 2.86 bits per heavy atom. The minimum Gasteiger partial charge on any atom is -0.375 e. The molecule has 2 aliphatic rings. The van der Waals surface area contributed by atoms with Crippen molar-refractivity contribution in [2.75, 3.05) is 43.0 Å². The fourth-order valence-corrected chi connectivity index (χ4v) is 4.28. The highest BCUT2D eigenvalue weighted by Gasteiger charge is 2.20. The predicted octanol–water partition coefficient (Wildman–Crippen LogP) is 3.62. The van der Waals surface area contributed by atoms with Crippen molar-refractivity contribution in [3.05, 3.63) is 52.3 Å². The minimum absolute atomic E-state index is 0.197. The molecule has 2 aromatic rings. The summed E-state index contributed by atoms with van der Waals surface area (Å²) in [5.41, 5.74) is 3.56. The van der Waals surface area contributed by atoms with E-state index in [1.165, 1.54) is 24.8 Å². The van der Waals surface area contributed by atoms with Crippen molar-refractivity contribution in [2.24, 2.45) is 0 Å². The molecule has 1 aromatic heterocycles. The number of ether oxygens (including phenoxy) is 1. The first-order chi connectivity index (χ1) is 14.2. The molecular weight excluding hydrogens is 432 g/mol. The van der Waals surface area contributed by atoms with Crippen LogP contribution in [-0.2, 0) is 11.2 Å². The Kier molecular flexibility index (Phi) is 6.79. The lowest BCUT2D eigenvalue weighted by atomic mass is 10.0. The van der Waals surface area contributed by atoms with Gasteiger partial charge >= 0.3 is 0 Å². The van der Waals surface area contributed by atoms with E-state index >= 15 is 0 Å². The van der Waals surface area contributed by atoms with Gasteiger partial charge in [-0.25, -0.2) is 4.98 Å². The van der Waals surface area contributed by atoms with E-state index in [0.29, 0.717) is 10.3 Å². The van der Waals surface area contributed by atoms with E-state index in [-0.39, 0.29) is 12.0 Å². The van der Waals surface area contributed by atoms with Crippen molar-refractivity contribution in [1.82, 2.24) is 10.3 Å². The fourth-order valence-electron chi connectivity index (χ4n) is 3.94. The van der Waals surface area contributed by atoms with Crippen molar-refractivity contribution in [2.45, 2.75) is 31.8 Å². The van der Waals surface area contributed by atoms with Crippen LogP contribution in [0.3, 0.4) is 0 Å². The van der Waals surface area contributed by atoms with Gasteiger partial charge < -0.3 is 20.3 Å². The van der Waals surface area contributed by atoms with Gasteiger partial charge in [0, 0.05) is 26.2 Å². The van der Waals surface area contributed by atoms with Gasteiger partial charge in [-0.05, 0) is 71.4 Å². The van der Waals surface area contributed by atoms with E-state index < -0.39 is 0 Å². The Balaban J connectivity index is 1.56. The van der Waals surface area contributed by atoms with Crippen LogP contribution in [0.2, 0.25) is 0 Å². The Labute approximate surface area is 180 Å². The normalized spacial score (nSPS) is 19.8. The average Bonchev–Trinajstić information content (AvgIpc) is 2.76. The maximum Gasteiger partial charge on any atom is 0.274 e. The molecule has 3 heterocycles. The molecule has 29 heavy (non-hydrogen) atoms. The highest BCUT2D eigenvalue weighted by atomic mass is 79.9. The molecule has 1 aromatic carbocycles. The molecule has 1 unspecified atom stereocenters. The first-order valence-electron chi connectivity index (χ1n) is 10.3. The van der Waals surface area contributed by atoms with Gasteiger partial charge in [-0.15, -0.1) is 0 Å². The molecular formula is C22H27BrN4O2. The van der Waals surface area contributed by atoms with Crippen molar-refractivity contribution in [3.8, 4) is 0 Å². The quantitative estimate of drug-likeness (QED) is 0.669. The number of pyridine rings is 1. The summed E-state index contributed by atoms with van der Waals surface area (Å²) in [5, 5.41) is 6.46. The summed E-state index contributed by atoms with van der Waals surface area (Å²) >= 11 is 3.33. The molecule has 0 saturated carbocycles. The second-order valence-electron chi connectivity index (χ2n) is 7.60. The number of halogens is 1. The van der Waals surface area contributed by atoms with Crippen molar-refractivity contribution in [3.63, 3.8) is 0 Å². The van der Waals surface area contributed by atoms with E-state index in [0.717, 1.165) is 50.6 Å². The minimum atomic E-state index is -0.197. The molecule has 0 bridgehead atoms. The molecule has 154 valence electrons. The highest BCUT2D eigenvalue weighted by molar-refractivity contribution is 9.10.